The molecule has 0 atom stereocenters. The molecule has 13 heavy (non-hydrogen) atoms. The van der Waals surface area contributed by atoms with Gasteiger partial charge in [0.25, 0.3) is 10.0 Å². The summed E-state index contributed by atoms with van der Waals surface area (Å²) in [5.41, 5.74) is 0. The van der Waals surface area contributed by atoms with Crippen LogP contribution in [0.15, 0.2) is 11.2 Å². The molecule has 0 aliphatic heterocycles. The summed E-state index contributed by atoms with van der Waals surface area (Å²) in [4.78, 5) is 3.69. The van der Waals surface area contributed by atoms with E-state index >= 15 is 0 Å². The molecule has 0 aliphatic carbocycles. The molecule has 7 heteroatoms. The van der Waals surface area contributed by atoms with Crippen molar-refractivity contribution in [2.45, 2.75) is 5.03 Å². The second kappa shape index (κ2) is 3.28. The van der Waals surface area contributed by atoms with Crippen molar-refractivity contribution in [3.05, 3.63) is 11.5 Å². The highest BCUT2D eigenvalue weighted by Gasteiger charge is 2.22. The van der Waals surface area contributed by atoms with Gasteiger partial charge in [-0.1, -0.05) is 0 Å². The SMILES string of the molecule is CN(C)S(=O)(=O)c1cnc(Cl)n1C. The standard InChI is InChI=1S/C6H10ClN3O2S/c1-9(2)13(11,12)5-4-8-6(7)10(5)3/h4H,1-3H3. The number of aromatic nitrogens is 2. The first kappa shape index (κ1) is 10.5. The van der Waals surface area contributed by atoms with E-state index in [1.54, 1.807) is 7.05 Å². The zero-order valence-electron chi connectivity index (χ0n) is 7.52. The molecule has 0 aliphatic rings. The van der Waals surface area contributed by atoms with Gasteiger partial charge >= 0.3 is 0 Å². The van der Waals surface area contributed by atoms with Gasteiger partial charge in [-0.25, -0.2) is 17.7 Å². The van der Waals surface area contributed by atoms with Crippen LogP contribution in [0.1, 0.15) is 0 Å². The van der Waals surface area contributed by atoms with Gasteiger partial charge in [-0.3, -0.25) is 0 Å². The fourth-order valence-electron chi connectivity index (χ4n) is 0.799. The van der Waals surface area contributed by atoms with Crippen LogP contribution in [0.25, 0.3) is 0 Å². The first-order valence-corrected chi connectivity index (χ1v) is 5.29. The monoisotopic (exact) mass is 223 g/mol. The molecule has 5 nitrogen and oxygen atoms in total. The number of rotatable bonds is 2. The zero-order chi connectivity index (χ0) is 10.2. The Labute approximate surface area is 82.0 Å². The van der Waals surface area contributed by atoms with Crippen LogP contribution in [0, 0.1) is 0 Å². The van der Waals surface area contributed by atoms with Gasteiger partial charge in [-0.2, -0.15) is 0 Å². The molecule has 0 unspecified atom stereocenters. The lowest BCUT2D eigenvalue weighted by molar-refractivity contribution is 0.511. The molecule has 0 N–H and O–H groups in total. The Hall–Kier alpha value is -0.590. The van der Waals surface area contributed by atoms with E-state index < -0.39 is 10.0 Å². The summed E-state index contributed by atoms with van der Waals surface area (Å²) in [7, 11) is 1.02. The highest BCUT2D eigenvalue weighted by Crippen LogP contribution is 2.16. The summed E-state index contributed by atoms with van der Waals surface area (Å²) in [5.74, 6) is 0. The smallest absolute Gasteiger partial charge is 0.259 e. The minimum Gasteiger partial charge on any atom is -0.308 e. The molecule has 0 amide bonds. The van der Waals surface area contributed by atoms with E-state index in [9.17, 15) is 8.42 Å². The molecule has 74 valence electrons. The van der Waals surface area contributed by atoms with Crippen LogP contribution in [-0.2, 0) is 17.1 Å². The highest BCUT2D eigenvalue weighted by atomic mass is 35.5. The molecular weight excluding hydrogens is 214 g/mol. The molecule has 0 spiro atoms. The Morgan fingerprint density at radius 3 is 2.38 bits per heavy atom. The minimum absolute atomic E-state index is 0.0856. The van der Waals surface area contributed by atoms with Gasteiger partial charge in [0.1, 0.15) is 0 Å². The third-order valence-electron chi connectivity index (χ3n) is 1.63. The van der Waals surface area contributed by atoms with Gasteiger partial charge in [-0.05, 0) is 11.6 Å². The summed E-state index contributed by atoms with van der Waals surface area (Å²) in [6.45, 7) is 0. The third-order valence-corrected chi connectivity index (χ3v) is 3.85. The van der Waals surface area contributed by atoms with Crippen molar-refractivity contribution in [3.8, 4) is 0 Å². The maximum Gasteiger partial charge on any atom is 0.259 e. The summed E-state index contributed by atoms with van der Waals surface area (Å²) < 4.78 is 25.6. The van der Waals surface area contributed by atoms with Crippen LogP contribution in [0.4, 0.5) is 0 Å². The van der Waals surface area contributed by atoms with E-state index in [0.29, 0.717) is 0 Å². The maximum atomic E-state index is 11.6. The molecule has 0 fully saturated rings. The van der Waals surface area contributed by atoms with E-state index in [1.807, 2.05) is 0 Å². The van der Waals surface area contributed by atoms with E-state index in [4.69, 9.17) is 11.6 Å². The van der Waals surface area contributed by atoms with Crippen LogP contribution in [0.5, 0.6) is 0 Å². The molecule has 0 aromatic carbocycles. The van der Waals surface area contributed by atoms with Crippen LogP contribution >= 0.6 is 11.6 Å². The molecule has 0 bridgehead atoms. The van der Waals surface area contributed by atoms with Crippen molar-refractivity contribution in [1.29, 1.82) is 0 Å². The first-order valence-electron chi connectivity index (χ1n) is 3.47. The summed E-state index contributed by atoms with van der Waals surface area (Å²) >= 11 is 5.61. The van der Waals surface area contributed by atoms with E-state index in [-0.39, 0.29) is 10.3 Å². The number of halogens is 1. The van der Waals surface area contributed by atoms with Crippen LogP contribution < -0.4 is 0 Å². The van der Waals surface area contributed by atoms with Crippen LogP contribution in [0.2, 0.25) is 5.28 Å². The molecule has 1 rings (SSSR count). The van der Waals surface area contributed by atoms with Gasteiger partial charge in [-0.15, -0.1) is 0 Å². The Morgan fingerprint density at radius 1 is 1.54 bits per heavy atom. The van der Waals surface area contributed by atoms with Crippen molar-refractivity contribution < 1.29 is 8.42 Å². The number of hydrogen-bond donors (Lipinski definition) is 0. The lowest BCUT2D eigenvalue weighted by atomic mass is 10.9. The molecule has 0 saturated carbocycles. The average Bonchev–Trinajstić information content (AvgIpc) is 2.33. The van der Waals surface area contributed by atoms with Crippen molar-refractivity contribution >= 4 is 21.6 Å². The van der Waals surface area contributed by atoms with E-state index in [2.05, 4.69) is 4.98 Å². The molecule has 0 radical (unpaired) electrons. The van der Waals surface area contributed by atoms with Gasteiger partial charge in [0.05, 0.1) is 6.20 Å². The first-order chi connectivity index (χ1) is 5.87. The summed E-state index contributed by atoms with van der Waals surface area (Å²) in [5, 5.41) is 0.239. The molecule has 1 aromatic heterocycles. The molecule has 1 heterocycles. The van der Waals surface area contributed by atoms with Gasteiger partial charge < -0.3 is 4.57 Å². The molecular formula is C6H10ClN3O2S. The number of nitrogens with zero attached hydrogens (tertiary/aromatic N) is 3. The van der Waals surface area contributed by atoms with Gasteiger partial charge in [0, 0.05) is 21.1 Å². The summed E-state index contributed by atoms with van der Waals surface area (Å²) in [6.07, 6.45) is 1.23. The van der Waals surface area contributed by atoms with Crippen LogP contribution in [-0.4, -0.2) is 36.4 Å². The second-order valence-electron chi connectivity index (χ2n) is 2.71. The number of sulfonamides is 1. The second-order valence-corrected chi connectivity index (χ2v) is 5.15. The Morgan fingerprint density at radius 2 is 2.08 bits per heavy atom. The van der Waals surface area contributed by atoms with Crippen molar-refractivity contribution in [3.63, 3.8) is 0 Å². The van der Waals surface area contributed by atoms with Crippen LogP contribution in [0.3, 0.4) is 0 Å². The predicted octanol–water partition coefficient (Wildman–Crippen LogP) is 0.324. The number of imidazole rings is 1. The number of hydrogen-bond acceptors (Lipinski definition) is 3. The third kappa shape index (κ3) is 1.70. The lowest BCUT2D eigenvalue weighted by Gasteiger charge is -2.10. The van der Waals surface area contributed by atoms with Crippen molar-refractivity contribution in [2.24, 2.45) is 7.05 Å². The summed E-state index contributed by atoms with van der Waals surface area (Å²) in [6, 6.07) is 0. The van der Waals surface area contributed by atoms with E-state index in [1.165, 1.54) is 24.9 Å². The maximum absolute atomic E-state index is 11.6. The fourth-order valence-corrected chi connectivity index (χ4v) is 1.98. The predicted molar refractivity (Wildman–Crippen MR) is 49.1 cm³/mol. The van der Waals surface area contributed by atoms with E-state index in [0.717, 1.165) is 4.31 Å². The molecule has 0 saturated heterocycles. The lowest BCUT2D eigenvalue weighted by Crippen LogP contribution is -2.24. The average molecular weight is 224 g/mol. The minimum atomic E-state index is -3.44. The van der Waals surface area contributed by atoms with Gasteiger partial charge in [0.2, 0.25) is 5.28 Å². The quantitative estimate of drug-likeness (QED) is 0.726. The Balaban J connectivity index is 3.32. The van der Waals surface area contributed by atoms with Crippen molar-refractivity contribution in [2.75, 3.05) is 14.1 Å². The van der Waals surface area contributed by atoms with Crippen molar-refractivity contribution in [1.82, 2.24) is 13.9 Å². The zero-order valence-corrected chi connectivity index (χ0v) is 9.09. The highest BCUT2D eigenvalue weighted by molar-refractivity contribution is 7.89. The topological polar surface area (TPSA) is 55.2 Å². The largest absolute Gasteiger partial charge is 0.308 e. The molecule has 1 aromatic rings. The normalized spacial score (nSPS) is 12.4. The Bertz CT molecular complexity index is 410. The Kier molecular flexibility index (Phi) is 2.65. The fraction of sp³-hybridized carbons (Fsp3) is 0.500. The van der Waals surface area contributed by atoms with Gasteiger partial charge in [0.15, 0.2) is 5.03 Å².